The number of hydrogen-bond donors (Lipinski definition) is 0. The maximum atomic E-state index is 4.60. The fourth-order valence-electron chi connectivity index (χ4n) is 2.05. The third kappa shape index (κ3) is 4.41. The average molecular weight is 314 g/mol. The summed E-state index contributed by atoms with van der Waals surface area (Å²) in [5.74, 6) is 0. The largest absolute Gasteiger partial charge is 0.241 e. The van der Waals surface area contributed by atoms with E-state index in [9.17, 15) is 0 Å². The van der Waals surface area contributed by atoms with Crippen LogP contribution in [0, 0.1) is 6.92 Å². The van der Waals surface area contributed by atoms with Crippen molar-refractivity contribution >= 4 is 21.6 Å². The first-order valence-corrected chi connectivity index (χ1v) is 9.04. The average Bonchev–Trinajstić information content (AvgIpc) is 3.01. The van der Waals surface area contributed by atoms with Crippen molar-refractivity contribution in [1.29, 1.82) is 0 Å². The Morgan fingerprint density at radius 2 is 1.45 bits per heavy atom. The molecule has 0 bridgehead atoms. The standard InChI is InChI=1S/C16H15NS.2C2H6/c1-3-16-17-14-9-8-13(10-15(14)18-16)12-6-4-11(2)5-7-12;2*1-2/h4-10H,3H2,1-2H3;2*1-2H3. The first-order chi connectivity index (χ1) is 10.8. The van der Waals surface area contributed by atoms with Gasteiger partial charge in [-0.3, -0.25) is 0 Å². The highest BCUT2D eigenvalue weighted by molar-refractivity contribution is 7.18. The molecular formula is C20H27NS. The molecule has 3 aromatic rings. The van der Waals surface area contributed by atoms with Crippen LogP contribution in [-0.4, -0.2) is 4.98 Å². The second-order valence-electron chi connectivity index (χ2n) is 4.51. The highest BCUT2D eigenvalue weighted by Gasteiger charge is 2.04. The second kappa shape index (κ2) is 9.37. The summed E-state index contributed by atoms with van der Waals surface area (Å²) in [6.45, 7) is 12.3. The summed E-state index contributed by atoms with van der Waals surface area (Å²) in [6, 6.07) is 15.2. The number of aryl methyl sites for hydroxylation is 2. The number of thiazole rings is 1. The van der Waals surface area contributed by atoms with Gasteiger partial charge in [-0.25, -0.2) is 4.98 Å². The molecule has 0 N–H and O–H groups in total. The van der Waals surface area contributed by atoms with Gasteiger partial charge in [-0.05, 0) is 36.6 Å². The van der Waals surface area contributed by atoms with Gasteiger partial charge in [0.15, 0.2) is 0 Å². The van der Waals surface area contributed by atoms with E-state index in [4.69, 9.17) is 0 Å². The van der Waals surface area contributed by atoms with Crippen LogP contribution >= 0.6 is 11.3 Å². The van der Waals surface area contributed by atoms with Crippen LogP contribution in [0.1, 0.15) is 45.2 Å². The Morgan fingerprint density at radius 1 is 0.864 bits per heavy atom. The zero-order chi connectivity index (χ0) is 16.5. The zero-order valence-corrected chi connectivity index (χ0v) is 15.4. The number of benzene rings is 2. The van der Waals surface area contributed by atoms with Gasteiger partial charge in [-0.15, -0.1) is 11.3 Å². The van der Waals surface area contributed by atoms with E-state index >= 15 is 0 Å². The number of fused-ring (bicyclic) bond motifs is 1. The normalized spacial score (nSPS) is 9.55. The number of aromatic nitrogens is 1. The maximum absolute atomic E-state index is 4.60. The van der Waals surface area contributed by atoms with Gasteiger partial charge in [-0.2, -0.15) is 0 Å². The van der Waals surface area contributed by atoms with E-state index in [1.807, 2.05) is 27.7 Å². The Labute approximate surface area is 139 Å². The summed E-state index contributed by atoms with van der Waals surface area (Å²) in [4.78, 5) is 4.60. The van der Waals surface area contributed by atoms with Gasteiger partial charge in [0.2, 0.25) is 0 Å². The molecule has 22 heavy (non-hydrogen) atoms. The van der Waals surface area contributed by atoms with Gasteiger partial charge in [0.1, 0.15) is 0 Å². The highest BCUT2D eigenvalue weighted by Crippen LogP contribution is 2.28. The molecule has 0 radical (unpaired) electrons. The number of rotatable bonds is 2. The van der Waals surface area contributed by atoms with Crippen molar-refractivity contribution in [3.05, 3.63) is 53.0 Å². The van der Waals surface area contributed by atoms with Crippen molar-refractivity contribution in [2.24, 2.45) is 0 Å². The molecule has 2 heteroatoms. The van der Waals surface area contributed by atoms with Crippen LogP contribution in [0.15, 0.2) is 42.5 Å². The minimum absolute atomic E-state index is 1.01. The van der Waals surface area contributed by atoms with Gasteiger partial charge in [-0.1, -0.05) is 70.5 Å². The van der Waals surface area contributed by atoms with Crippen LogP contribution < -0.4 is 0 Å². The lowest BCUT2D eigenvalue weighted by Crippen LogP contribution is -1.78. The van der Waals surface area contributed by atoms with E-state index in [0.29, 0.717) is 0 Å². The minimum Gasteiger partial charge on any atom is -0.241 e. The molecule has 0 saturated heterocycles. The molecule has 118 valence electrons. The van der Waals surface area contributed by atoms with Crippen molar-refractivity contribution < 1.29 is 0 Å². The van der Waals surface area contributed by atoms with E-state index in [2.05, 4.69) is 61.3 Å². The lowest BCUT2D eigenvalue weighted by Gasteiger charge is -2.01. The molecule has 0 spiro atoms. The predicted octanol–water partition coefficient (Wildman–Crippen LogP) is 6.89. The van der Waals surface area contributed by atoms with Crippen molar-refractivity contribution in [2.75, 3.05) is 0 Å². The molecule has 1 nitrogen and oxygen atoms in total. The van der Waals surface area contributed by atoms with E-state index < -0.39 is 0 Å². The van der Waals surface area contributed by atoms with E-state index in [1.54, 1.807) is 11.3 Å². The first-order valence-electron chi connectivity index (χ1n) is 8.23. The van der Waals surface area contributed by atoms with E-state index in [-0.39, 0.29) is 0 Å². The summed E-state index contributed by atoms with van der Waals surface area (Å²) >= 11 is 1.80. The molecule has 3 rings (SSSR count). The van der Waals surface area contributed by atoms with E-state index in [1.165, 1.54) is 26.4 Å². The molecule has 1 heterocycles. The molecule has 2 aromatic carbocycles. The SMILES string of the molecule is CC.CC.CCc1nc2ccc(-c3ccc(C)cc3)cc2s1. The molecule has 0 atom stereocenters. The summed E-state index contributed by atoms with van der Waals surface area (Å²) in [7, 11) is 0. The van der Waals surface area contributed by atoms with Gasteiger partial charge in [0.05, 0.1) is 15.2 Å². The predicted molar refractivity (Wildman–Crippen MR) is 102 cm³/mol. The summed E-state index contributed by atoms with van der Waals surface area (Å²) in [5.41, 5.74) is 4.96. The summed E-state index contributed by atoms with van der Waals surface area (Å²) in [5, 5.41) is 1.21. The quantitative estimate of drug-likeness (QED) is 0.502. The van der Waals surface area contributed by atoms with Crippen LogP contribution in [-0.2, 0) is 6.42 Å². The monoisotopic (exact) mass is 313 g/mol. The third-order valence-corrected chi connectivity index (χ3v) is 4.28. The molecule has 0 unspecified atom stereocenters. The minimum atomic E-state index is 1.01. The molecule has 1 aromatic heterocycles. The Kier molecular flexibility index (Phi) is 7.83. The Bertz CT molecular complexity index is 680. The molecular weight excluding hydrogens is 286 g/mol. The van der Waals surface area contributed by atoms with Crippen molar-refractivity contribution in [3.63, 3.8) is 0 Å². The number of hydrogen-bond acceptors (Lipinski definition) is 2. The molecule has 0 fully saturated rings. The third-order valence-electron chi connectivity index (χ3n) is 3.12. The van der Waals surface area contributed by atoms with Crippen molar-refractivity contribution in [1.82, 2.24) is 4.98 Å². The second-order valence-corrected chi connectivity index (χ2v) is 5.62. The molecule has 0 aliphatic heterocycles. The number of nitrogens with zero attached hydrogens (tertiary/aromatic N) is 1. The van der Waals surface area contributed by atoms with Crippen LogP contribution in [0.3, 0.4) is 0 Å². The molecule has 0 amide bonds. The fourth-order valence-corrected chi connectivity index (χ4v) is 3.00. The van der Waals surface area contributed by atoms with Crippen LogP contribution in [0.25, 0.3) is 21.3 Å². The smallest absolute Gasteiger partial charge is 0.0935 e. The summed E-state index contributed by atoms with van der Waals surface area (Å²) < 4.78 is 1.28. The molecule has 0 aliphatic rings. The Morgan fingerprint density at radius 3 is 2.05 bits per heavy atom. The lowest BCUT2D eigenvalue weighted by molar-refractivity contribution is 1.11. The van der Waals surface area contributed by atoms with Gasteiger partial charge in [0.25, 0.3) is 0 Å². The van der Waals surface area contributed by atoms with Crippen LogP contribution in [0.5, 0.6) is 0 Å². The fraction of sp³-hybridized carbons (Fsp3) is 0.350. The topological polar surface area (TPSA) is 12.9 Å². The Balaban J connectivity index is 0.000000561. The lowest BCUT2D eigenvalue weighted by atomic mass is 10.0. The van der Waals surface area contributed by atoms with Crippen LogP contribution in [0.2, 0.25) is 0 Å². The summed E-state index contributed by atoms with van der Waals surface area (Å²) in [6.07, 6.45) is 1.01. The maximum Gasteiger partial charge on any atom is 0.0935 e. The Hall–Kier alpha value is -1.67. The first kappa shape index (κ1) is 18.4. The van der Waals surface area contributed by atoms with E-state index in [0.717, 1.165) is 11.9 Å². The van der Waals surface area contributed by atoms with Crippen LogP contribution in [0.4, 0.5) is 0 Å². The van der Waals surface area contributed by atoms with Crippen molar-refractivity contribution in [2.45, 2.75) is 48.0 Å². The van der Waals surface area contributed by atoms with Gasteiger partial charge in [0, 0.05) is 0 Å². The highest BCUT2D eigenvalue weighted by atomic mass is 32.1. The zero-order valence-electron chi connectivity index (χ0n) is 14.6. The molecule has 0 aliphatic carbocycles. The van der Waals surface area contributed by atoms with Gasteiger partial charge < -0.3 is 0 Å². The van der Waals surface area contributed by atoms with Crippen molar-refractivity contribution in [3.8, 4) is 11.1 Å². The van der Waals surface area contributed by atoms with Gasteiger partial charge >= 0.3 is 0 Å². The molecule has 0 saturated carbocycles.